The van der Waals surface area contributed by atoms with Crippen LogP contribution in [0.15, 0.2) is 48.9 Å². The van der Waals surface area contributed by atoms with Crippen molar-refractivity contribution in [3.63, 3.8) is 0 Å². The van der Waals surface area contributed by atoms with Crippen LogP contribution in [0, 0.1) is 3.57 Å². The van der Waals surface area contributed by atoms with Crippen LogP contribution in [0.3, 0.4) is 0 Å². The van der Waals surface area contributed by atoms with Gasteiger partial charge in [0.15, 0.2) is 0 Å². The van der Waals surface area contributed by atoms with E-state index >= 15 is 0 Å². The van der Waals surface area contributed by atoms with E-state index in [9.17, 15) is 18.0 Å². The van der Waals surface area contributed by atoms with Crippen molar-refractivity contribution in [2.75, 3.05) is 5.32 Å². The molecule has 2 heterocycles. The van der Waals surface area contributed by atoms with Crippen molar-refractivity contribution in [2.24, 2.45) is 0 Å². The summed E-state index contributed by atoms with van der Waals surface area (Å²) in [6, 6.07) is 6.72. The third-order valence-electron chi connectivity index (χ3n) is 6.73. The van der Waals surface area contributed by atoms with Gasteiger partial charge in [0, 0.05) is 33.3 Å². The van der Waals surface area contributed by atoms with Crippen molar-refractivity contribution in [1.29, 1.82) is 0 Å². The first-order valence-corrected chi connectivity index (χ1v) is 12.2. The number of rotatable bonds is 4. The molecule has 1 amide bonds. The van der Waals surface area contributed by atoms with E-state index < -0.39 is 17.2 Å². The third-order valence-corrected chi connectivity index (χ3v) is 7.89. The molecular formula is C25H27F3IN3O. The normalized spacial score (nSPS) is 22.5. The molecule has 1 saturated carbocycles. The van der Waals surface area contributed by atoms with Gasteiger partial charge >= 0.3 is 6.18 Å². The molecule has 1 aliphatic heterocycles. The van der Waals surface area contributed by atoms with E-state index in [-0.39, 0.29) is 17.6 Å². The largest absolute Gasteiger partial charge is 0.418 e. The minimum absolute atomic E-state index is 0.0847. The highest BCUT2D eigenvalue weighted by Gasteiger charge is 2.42. The number of piperidine rings is 1. The summed E-state index contributed by atoms with van der Waals surface area (Å²) in [5.41, 5.74) is 0.979. The molecule has 2 fully saturated rings. The van der Waals surface area contributed by atoms with Crippen molar-refractivity contribution in [3.05, 3.63) is 63.6 Å². The first kappa shape index (κ1) is 24.0. The summed E-state index contributed by atoms with van der Waals surface area (Å²) in [6.07, 6.45) is 4.34. The smallest absolute Gasteiger partial charge is 0.353 e. The van der Waals surface area contributed by atoms with Crippen molar-refractivity contribution in [1.82, 2.24) is 9.88 Å². The highest BCUT2D eigenvalue weighted by atomic mass is 127. The van der Waals surface area contributed by atoms with Crippen LogP contribution in [0.2, 0.25) is 0 Å². The molecule has 1 atom stereocenters. The van der Waals surface area contributed by atoms with E-state index in [1.54, 1.807) is 6.07 Å². The second-order valence-corrected chi connectivity index (χ2v) is 10.3. The molecule has 1 aromatic heterocycles. The highest BCUT2D eigenvalue weighted by molar-refractivity contribution is 14.1. The topological polar surface area (TPSA) is 45.2 Å². The molecule has 176 valence electrons. The van der Waals surface area contributed by atoms with E-state index in [4.69, 9.17) is 0 Å². The number of halogens is 4. The van der Waals surface area contributed by atoms with Gasteiger partial charge in [-0.1, -0.05) is 44.9 Å². The zero-order valence-corrected chi connectivity index (χ0v) is 20.7. The van der Waals surface area contributed by atoms with Crippen LogP contribution < -0.4 is 5.32 Å². The lowest BCUT2D eigenvalue weighted by atomic mass is 9.72. The van der Waals surface area contributed by atoms with Crippen molar-refractivity contribution in [3.8, 4) is 0 Å². The van der Waals surface area contributed by atoms with Gasteiger partial charge in [0.1, 0.15) is 0 Å². The highest BCUT2D eigenvalue weighted by Crippen LogP contribution is 2.45. The second-order valence-electron chi connectivity index (χ2n) is 9.25. The minimum atomic E-state index is -4.49. The predicted octanol–water partition coefficient (Wildman–Crippen LogP) is 7.18. The molecular weight excluding hydrogens is 542 g/mol. The number of carbonyl (C=O) groups excluding carboxylic acids is 1. The number of allylic oxidation sites excluding steroid dienone is 1. The van der Waals surface area contributed by atoms with Crippen LogP contribution in [-0.2, 0) is 16.4 Å². The van der Waals surface area contributed by atoms with Gasteiger partial charge in [-0.25, -0.2) is 0 Å². The summed E-state index contributed by atoms with van der Waals surface area (Å²) in [4.78, 5) is 19.0. The molecule has 0 spiro atoms. The molecule has 1 unspecified atom stereocenters. The van der Waals surface area contributed by atoms with Crippen molar-refractivity contribution < 1.29 is 18.0 Å². The lowest BCUT2D eigenvalue weighted by Gasteiger charge is -2.45. The fourth-order valence-electron chi connectivity index (χ4n) is 5.17. The SMILES string of the molecule is C=C1CC(C)(c2cccc(Nc3cnccc3C(F)(F)F)c2I)CC(=O)N1C1CCCCC1. The molecule has 0 radical (unpaired) electrons. The Hall–Kier alpha value is -2.10. The molecule has 1 N–H and O–H groups in total. The molecule has 1 aliphatic carbocycles. The predicted molar refractivity (Wildman–Crippen MR) is 131 cm³/mol. The molecule has 0 bridgehead atoms. The number of hydrogen-bond acceptors (Lipinski definition) is 3. The Morgan fingerprint density at radius 3 is 2.55 bits per heavy atom. The molecule has 33 heavy (non-hydrogen) atoms. The van der Waals surface area contributed by atoms with Gasteiger partial charge in [-0.2, -0.15) is 13.2 Å². The molecule has 1 aromatic carbocycles. The Morgan fingerprint density at radius 1 is 1.15 bits per heavy atom. The summed E-state index contributed by atoms with van der Waals surface area (Å²) in [5, 5.41) is 2.92. The van der Waals surface area contributed by atoms with Crippen LogP contribution in [0.4, 0.5) is 24.5 Å². The van der Waals surface area contributed by atoms with E-state index in [0.29, 0.717) is 18.5 Å². The van der Waals surface area contributed by atoms with Crippen LogP contribution in [0.1, 0.15) is 63.0 Å². The van der Waals surface area contributed by atoms with Gasteiger partial charge < -0.3 is 10.2 Å². The summed E-state index contributed by atoms with van der Waals surface area (Å²) >= 11 is 2.16. The molecule has 2 aromatic rings. The number of benzene rings is 1. The zero-order valence-electron chi connectivity index (χ0n) is 18.5. The third kappa shape index (κ3) is 4.90. The number of nitrogens with one attached hydrogen (secondary N) is 1. The van der Waals surface area contributed by atoms with Gasteiger partial charge in [-0.15, -0.1) is 0 Å². The fourth-order valence-corrected chi connectivity index (χ4v) is 6.31. The summed E-state index contributed by atoms with van der Waals surface area (Å²) in [5.74, 6) is 0.0847. The number of amides is 1. The molecule has 8 heteroatoms. The molecule has 4 rings (SSSR count). The Kier molecular flexibility index (Phi) is 6.75. The number of pyridine rings is 1. The van der Waals surface area contributed by atoms with E-state index in [1.165, 1.54) is 12.6 Å². The molecule has 2 aliphatic rings. The van der Waals surface area contributed by atoms with E-state index in [1.807, 2.05) is 24.0 Å². The average Bonchev–Trinajstić information content (AvgIpc) is 2.75. The number of anilines is 2. The number of nitrogens with zero attached hydrogens (tertiary/aromatic N) is 2. The van der Waals surface area contributed by atoms with E-state index in [0.717, 1.165) is 52.8 Å². The first-order valence-electron chi connectivity index (χ1n) is 11.2. The number of likely N-dealkylation sites (tertiary alicyclic amines) is 1. The summed E-state index contributed by atoms with van der Waals surface area (Å²) < 4.78 is 41.1. The monoisotopic (exact) mass is 569 g/mol. The van der Waals surface area contributed by atoms with Crippen molar-refractivity contribution in [2.45, 2.75) is 69.5 Å². The first-order chi connectivity index (χ1) is 15.6. The maximum Gasteiger partial charge on any atom is 0.418 e. The Balaban J connectivity index is 1.62. The zero-order chi connectivity index (χ0) is 23.8. The molecule has 1 saturated heterocycles. The fraction of sp³-hybridized carbons (Fsp3) is 0.440. The standard InChI is InChI=1S/C25H27F3IN3O/c1-16-13-24(2,14-22(33)32(16)17-7-4-3-5-8-17)19-9-6-10-20(23(19)29)31-21-15-30-12-11-18(21)25(26,27)28/h6,9-12,15,17,31H,1,3-5,7-8,13-14H2,2H3. The molecule has 4 nitrogen and oxygen atoms in total. The average molecular weight is 569 g/mol. The number of aromatic nitrogens is 1. The summed E-state index contributed by atoms with van der Waals surface area (Å²) in [6.45, 7) is 6.30. The van der Waals surface area contributed by atoms with Gasteiger partial charge in [0.05, 0.1) is 23.1 Å². The Bertz CT molecular complexity index is 1050. The van der Waals surface area contributed by atoms with E-state index in [2.05, 4.69) is 39.5 Å². The van der Waals surface area contributed by atoms with Crippen LogP contribution in [0.5, 0.6) is 0 Å². The van der Waals surface area contributed by atoms with Gasteiger partial charge in [-0.3, -0.25) is 9.78 Å². The maximum absolute atomic E-state index is 13.4. The van der Waals surface area contributed by atoms with Gasteiger partial charge in [0.25, 0.3) is 0 Å². The summed E-state index contributed by atoms with van der Waals surface area (Å²) in [7, 11) is 0. The number of carbonyl (C=O) groups is 1. The van der Waals surface area contributed by atoms with Gasteiger partial charge in [0.2, 0.25) is 5.91 Å². The lowest BCUT2D eigenvalue weighted by molar-refractivity contribution is -0.137. The maximum atomic E-state index is 13.4. The second kappa shape index (κ2) is 9.27. The minimum Gasteiger partial charge on any atom is -0.353 e. The number of alkyl halides is 3. The van der Waals surface area contributed by atoms with Crippen LogP contribution in [0.25, 0.3) is 0 Å². The van der Waals surface area contributed by atoms with Crippen molar-refractivity contribution >= 4 is 39.9 Å². The lowest BCUT2D eigenvalue weighted by Crippen LogP contribution is -2.48. The Labute approximate surface area is 205 Å². The number of hydrogen-bond donors (Lipinski definition) is 1. The Morgan fingerprint density at radius 2 is 1.88 bits per heavy atom. The van der Waals surface area contributed by atoms with Crippen LogP contribution >= 0.6 is 22.6 Å². The van der Waals surface area contributed by atoms with Gasteiger partial charge in [-0.05, 0) is 59.5 Å². The quantitative estimate of drug-likeness (QED) is 0.397. The van der Waals surface area contributed by atoms with Crippen LogP contribution in [-0.4, -0.2) is 21.8 Å².